The Labute approximate surface area is 293 Å². The van der Waals surface area contributed by atoms with Gasteiger partial charge in [-0.25, -0.2) is 4.79 Å². The van der Waals surface area contributed by atoms with E-state index in [0.717, 1.165) is 51.6 Å². The van der Waals surface area contributed by atoms with Gasteiger partial charge in [-0.15, -0.1) is 0 Å². The fourth-order valence-electron chi connectivity index (χ4n) is 13.0. The van der Waals surface area contributed by atoms with Gasteiger partial charge in [0.15, 0.2) is 12.1 Å². The van der Waals surface area contributed by atoms with Crippen LogP contribution in [0.25, 0.3) is 0 Å². The van der Waals surface area contributed by atoms with Crippen molar-refractivity contribution in [3.63, 3.8) is 0 Å². The highest BCUT2D eigenvalue weighted by molar-refractivity contribution is 5.75. The molecular formula is C39H64N2O8. The van der Waals surface area contributed by atoms with Gasteiger partial charge in [0, 0.05) is 16.9 Å². The van der Waals surface area contributed by atoms with E-state index < -0.39 is 54.6 Å². The summed E-state index contributed by atoms with van der Waals surface area (Å²) in [4.78, 5) is 13.8. The normalized spacial score (nSPS) is 53.0. The molecule has 0 aromatic heterocycles. The Morgan fingerprint density at radius 2 is 1.59 bits per heavy atom. The molecule has 0 spiro atoms. The largest absolute Gasteiger partial charge is 0.394 e. The van der Waals surface area contributed by atoms with Crippen molar-refractivity contribution in [2.45, 2.75) is 168 Å². The Hall–Kier alpha value is -1.27. The molecule has 5 aliphatic carbocycles. The molecule has 2 aliphatic heterocycles. The predicted octanol–water partition coefficient (Wildman–Crippen LogP) is 4.77. The van der Waals surface area contributed by atoms with Crippen molar-refractivity contribution < 1.29 is 39.4 Å². The zero-order valence-corrected chi connectivity index (χ0v) is 31.2. The van der Waals surface area contributed by atoms with Crippen LogP contribution >= 0.6 is 0 Å². The van der Waals surface area contributed by atoms with Crippen molar-refractivity contribution in [2.24, 2.45) is 44.8 Å². The smallest absolute Gasteiger partial charge is 0.315 e. The third-order valence-corrected chi connectivity index (χ3v) is 16.1. The van der Waals surface area contributed by atoms with Crippen LogP contribution in [0.15, 0.2) is 11.6 Å². The van der Waals surface area contributed by atoms with Crippen LogP contribution in [0.3, 0.4) is 0 Å². The summed E-state index contributed by atoms with van der Waals surface area (Å²) in [7, 11) is 0. The molecule has 2 heterocycles. The zero-order chi connectivity index (χ0) is 35.6. The van der Waals surface area contributed by atoms with E-state index in [1.165, 1.54) is 24.8 Å². The van der Waals surface area contributed by atoms with Gasteiger partial charge < -0.3 is 45.3 Å². The van der Waals surface area contributed by atoms with Crippen LogP contribution in [0.2, 0.25) is 0 Å². The lowest BCUT2D eigenvalue weighted by Gasteiger charge is -2.72. The van der Waals surface area contributed by atoms with Crippen molar-refractivity contribution in [3.8, 4) is 0 Å². The van der Waals surface area contributed by atoms with Gasteiger partial charge in [-0.3, -0.25) is 0 Å². The average Bonchev–Trinajstić information content (AvgIpc) is 3.02. The Morgan fingerprint density at radius 1 is 0.878 bits per heavy atom. The fourth-order valence-corrected chi connectivity index (χ4v) is 13.0. The summed E-state index contributed by atoms with van der Waals surface area (Å²) < 4.78 is 18.3. The van der Waals surface area contributed by atoms with E-state index in [1.807, 2.05) is 0 Å². The van der Waals surface area contributed by atoms with Gasteiger partial charge in [0.05, 0.1) is 19.3 Å². The van der Waals surface area contributed by atoms with Crippen LogP contribution in [0.5, 0.6) is 0 Å². The number of urea groups is 1. The van der Waals surface area contributed by atoms with Crippen LogP contribution in [0, 0.1) is 44.8 Å². The Balaban J connectivity index is 1.17. The van der Waals surface area contributed by atoms with E-state index in [-0.39, 0.29) is 39.1 Å². The first-order valence-electron chi connectivity index (χ1n) is 19.2. The number of aliphatic hydroxyl groups excluding tert-OH is 4. The zero-order valence-electron chi connectivity index (χ0n) is 31.2. The molecular weight excluding hydrogens is 624 g/mol. The quantitative estimate of drug-likeness (QED) is 0.232. The summed E-state index contributed by atoms with van der Waals surface area (Å²) in [6.07, 6.45) is 7.52. The predicted molar refractivity (Wildman–Crippen MR) is 184 cm³/mol. The molecule has 2 amide bonds. The van der Waals surface area contributed by atoms with E-state index >= 15 is 0 Å². The number of nitrogens with one attached hydrogen (secondary N) is 2. The average molecular weight is 689 g/mol. The highest BCUT2D eigenvalue weighted by Gasteiger charge is 2.70. The van der Waals surface area contributed by atoms with E-state index in [2.05, 4.69) is 72.1 Å². The maximum atomic E-state index is 13.8. The van der Waals surface area contributed by atoms with Gasteiger partial charge in [0.25, 0.3) is 0 Å². The molecule has 49 heavy (non-hydrogen) atoms. The van der Waals surface area contributed by atoms with E-state index in [9.17, 15) is 25.2 Å². The first-order valence-corrected chi connectivity index (χ1v) is 19.2. The topological polar surface area (TPSA) is 150 Å². The summed E-state index contributed by atoms with van der Waals surface area (Å²) >= 11 is 0. The van der Waals surface area contributed by atoms with E-state index in [1.54, 1.807) is 0 Å². The highest BCUT2D eigenvalue weighted by Crippen LogP contribution is 2.75. The number of amides is 2. The monoisotopic (exact) mass is 688 g/mol. The first kappa shape index (κ1) is 36.1. The minimum absolute atomic E-state index is 0.000712. The molecule has 10 nitrogen and oxygen atoms in total. The minimum atomic E-state index is -1.56. The van der Waals surface area contributed by atoms with Crippen LogP contribution in [0.4, 0.5) is 4.79 Å². The van der Waals surface area contributed by atoms with Crippen molar-refractivity contribution in [1.29, 1.82) is 0 Å². The minimum Gasteiger partial charge on any atom is -0.394 e. The van der Waals surface area contributed by atoms with Gasteiger partial charge in [0.1, 0.15) is 24.4 Å². The molecule has 14 atom stereocenters. The standard InChI is InChI=1S/C39H64N2O8/c1-33(2)15-17-39(41-32(46)40-28-30(44)29(43)24(20-42)48-31(28)45)18-16-37(7)22(23(39)19-33)9-10-26-35(5)13-12-27-36(6,21-47-34(3,4)49-27)25(35)11-14-38(26,37)8/h9,23-31,42-45H,10-21H2,1-8H3,(H2,40,41,46)/t23-,24+,25+,26+,27-,28+,29+,30+,31?,35-,36-,37+,38+,39-/m0/s1. The van der Waals surface area contributed by atoms with E-state index in [0.29, 0.717) is 11.8 Å². The lowest BCUT2D eigenvalue weighted by atomic mass is 9.34. The second kappa shape index (κ2) is 11.6. The Bertz CT molecular complexity index is 1350. The summed E-state index contributed by atoms with van der Waals surface area (Å²) in [6, 6.07) is -1.71. The van der Waals surface area contributed by atoms with Crippen molar-refractivity contribution in [3.05, 3.63) is 11.6 Å². The van der Waals surface area contributed by atoms with Gasteiger partial charge in [-0.2, -0.15) is 0 Å². The number of rotatable bonds is 3. The van der Waals surface area contributed by atoms with Crippen molar-refractivity contribution in [1.82, 2.24) is 10.6 Å². The lowest BCUT2D eigenvalue weighted by molar-refractivity contribution is -0.351. The van der Waals surface area contributed by atoms with Gasteiger partial charge >= 0.3 is 6.03 Å². The number of allylic oxidation sites excluding steroid dienone is 1. The second-order valence-electron chi connectivity index (χ2n) is 19.6. The molecule has 6 N–H and O–H groups in total. The number of hydrogen-bond acceptors (Lipinski definition) is 8. The van der Waals surface area contributed by atoms with Crippen molar-refractivity contribution in [2.75, 3.05) is 13.2 Å². The maximum Gasteiger partial charge on any atom is 0.315 e. The fraction of sp³-hybridized carbons (Fsp3) is 0.923. The Morgan fingerprint density at radius 3 is 2.31 bits per heavy atom. The summed E-state index contributed by atoms with van der Waals surface area (Å²) in [5.74, 6) is 0.720. The third kappa shape index (κ3) is 5.31. The number of carbonyl (C=O) groups is 1. The molecule has 0 aromatic rings. The van der Waals surface area contributed by atoms with Crippen LogP contribution < -0.4 is 10.6 Å². The molecule has 4 saturated carbocycles. The van der Waals surface area contributed by atoms with E-state index in [4.69, 9.17) is 14.2 Å². The van der Waals surface area contributed by atoms with Gasteiger partial charge in [-0.1, -0.05) is 53.2 Å². The van der Waals surface area contributed by atoms with Crippen LogP contribution in [0.1, 0.15) is 120 Å². The molecule has 0 bridgehead atoms. The number of carbonyl (C=O) groups excluding carboxylic acids is 1. The molecule has 0 aromatic carbocycles. The van der Waals surface area contributed by atoms with Crippen LogP contribution in [-0.4, -0.2) is 87.7 Å². The number of fused-ring (bicyclic) bond motifs is 9. The molecule has 7 rings (SSSR count). The molecule has 7 aliphatic rings. The van der Waals surface area contributed by atoms with Gasteiger partial charge in [0.2, 0.25) is 0 Å². The summed E-state index contributed by atoms with van der Waals surface area (Å²) in [6.45, 7) is 19.2. The molecule has 278 valence electrons. The van der Waals surface area contributed by atoms with Crippen LogP contribution in [-0.2, 0) is 14.2 Å². The van der Waals surface area contributed by atoms with Gasteiger partial charge in [-0.05, 0) is 112 Å². The number of ether oxygens (including phenoxy) is 3. The summed E-state index contributed by atoms with van der Waals surface area (Å²) in [5, 5.41) is 47.4. The molecule has 0 radical (unpaired) electrons. The molecule has 1 unspecified atom stereocenters. The second-order valence-corrected chi connectivity index (χ2v) is 19.6. The number of hydrogen-bond donors (Lipinski definition) is 6. The number of aliphatic hydroxyl groups is 4. The lowest BCUT2D eigenvalue weighted by Crippen LogP contribution is -2.70. The third-order valence-electron chi connectivity index (χ3n) is 16.1. The van der Waals surface area contributed by atoms with Crippen molar-refractivity contribution >= 4 is 6.03 Å². The maximum absolute atomic E-state index is 13.8. The molecule has 6 fully saturated rings. The molecule has 2 saturated heterocycles. The first-order chi connectivity index (χ1) is 22.7. The molecule has 10 heteroatoms. The Kier molecular flexibility index (Phi) is 8.56. The summed E-state index contributed by atoms with van der Waals surface area (Å²) in [5.41, 5.74) is 1.48. The highest BCUT2D eigenvalue weighted by atomic mass is 16.7. The SMILES string of the molecule is CC1(C)CC[C@]2(NC(=O)N[C@H]3C(O)O[C@H](CO)[C@@H](O)[C@@H]3O)CC[C@]3(C)C(=CC[C@@H]4[C@@]5(C)CC[C@@H]6OC(C)(C)OC[C@@]6(C)[C@@H]5CC[C@]43C)[C@@H]2C1.